The van der Waals surface area contributed by atoms with Crippen molar-refractivity contribution in [1.82, 2.24) is 24.8 Å². The molecule has 0 radical (unpaired) electrons. The molecule has 0 aliphatic carbocycles. The molecule has 0 unspecified atom stereocenters. The Labute approximate surface area is 157 Å². The number of fused-ring (bicyclic) bond motifs is 1. The van der Waals surface area contributed by atoms with Crippen LogP contribution in [0.15, 0.2) is 61.1 Å². The molecule has 1 aliphatic rings. The van der Waals surface area contributed by atoms with Gasteiger partial charge in [0, 0.05) is 16.8 Å². The van der Waals surface area contributed by atoms with E-state index >= 15 is 0 Å². The molecule has 1 fully saturated rings. The summed E-state index contributed by atoms with van der Waals surface area (Å²) in [6, 6.07) is 16.3. The molecule has 6 nitrogen and oxygen atoms in total. The van der Waals surface area contributed by atoms with Crippen LogP contribution in [-0.2, 0) is 0 Å². The van der Waals surface area contributed by atoms with E-state index in [4.69, 9.17) is 0 Å². The van der Waals surface area contributed by atoms with Gasteiger partial charge in [-0.1, -0.05) is 24.3 Å². The largest absolute Gasteiger partial charge is 0.411 e. The lowest BCUT2D eigenvalue weighted by Gasteiger charge is -2.22. The zero-order valence-electron chi connectivity index (χ0n) is 14.9. The third kappa shape index (κ3) is 2.78. The number of nitrogens with zero attached hydrogens (tertiary/aromatic N) is 4. The predicted molar refractivity (Wildman–Crippen MR) is 104 cm³/mol. The summed E-state index contributed by atoms with van der Waals surface area (Å²) in [6.45, 7) is 2.00. The molecule has 2 aromatic carbocycles. The summed E-state index contributed by atoms with van der Waals surface area (Å²) in [6.07, 6.45) is 5.77. The van der Waals surface area contributed by atoms with Crippen LogP contribution in [0, 0.1) is 0 Å². The SMILES string of the molecule is On1ncc(C2CCNCC2)c1-c1cccc(-n2cnc3ccccc32)c1. The Bertz CT molecular complexity index is 1090. The molecule has 0 bridgehead atoms. The van der Waals surface area contributed by atoms with Crippen molar-refractivity contribution in [3.63, 3.8) is 0 Å². The maximum atomic E-state index is 10.4. The van der Waals surface area contributed by atoms with Crippen molar-refractivity contribution < 1.29 is 5.21 Å². The predicted octanol–water partition coefficient (Wildman–Crippen LogP) is 3.59. The normalized spacial score (nSPS) is 15.4. The highest BCUT2D eigenvalue weighted by Crippen LogP contribution is 2.34. The van der Waals surface area contributed by atoms with Crippen LogP contribution in [0.2, 0.25) is 0 Å². The second kappa shape index (κ2) is 6.55. The van der Waals surface area contributed by atoms with E-state index in [0.29, 0.717) is 5.92 Å². The Morgan fingerprint density at radius 2 is 1.89 bits per heavy atom. The van der Waals surface area contributed by atoms with E-state index in [1.54, 1.807) is 0 Å². The van der Waals surface area contributed by atoms with Crippen molar-refractivity contribution in [3.8, 4) is 16.9 Å². The van der Waals surface area contributed by atoms with E-state index in [0.717, 1.165) is 64.3 Å². The molecule has 2 aromatic heterocycles. The summed E-state index contributed by atoms with van der Waals surface area (Å²) < 4.78 is 2.07. The lowest BCUT2D eigenvalue weighted by Crippen LogP contribution is -2.26. The van der Waals surface area contributed by atoms with Crippen LogP contribution in [0.1, 0.15) is 24.3 Å². The topological polar surface area (TPSA) is 67.9 Å². The number of benzene rings is 2. The Balaban J connectivity index is 1.60. The average Bonchev–Trinajstić information content (AvgIpc) is 3.32. The summed E-state index contributed by atoms with van der Waals surface area (Å²) in [5.41, 5.74) is 5.90. The molecule has 6 heteroatoms. The average molecular weight is 359 g/mol. The highest BCUT2D eigenvalue weighted by atomic mass is 16.5. The first kappa shape index (κ1) is 16.1. The maximum Gasteiger partial charge on any atom is 0.113 e. The van der Waals surface area contributed by atoms with Crippen molar-refractivity contribution >= 4 is 11.0 Å². The van der Waals surface area contributed by atoms with E-state index in [9.17, 15) is 5.21 Å². The smallest absolute Gasteiger partial charge is 0.113 e. The van der Waals surface area contributed by atoms with Gasteiger partial charge in [-0.3, -0.25) is 4.57 Å². The molecule has 0 saturated carbocycles. The Morgan fingerprint density at radius 1 is 1.04 bits per heavy atom. The van der Waals surface area contributed by atoms with Gasteiger partial charge < -0.3 is 10.5 Å². The van der Waals surface area contributed by atoms with Gasteiger partial charge in [-0.25, -0.2) is 4.98 Å². The van der Waals surface area contributed by atoms with Gasteiger partial charge >= 0.3 is 0 Å². The third-order valence-electron chi connectivity index (χ3n) is 5.41. The molecule has 3 heterocycles. The molecule has 0 atom stereocenters. The van der Waals surface area contributed by atoms with Crippen LogP contribution in [0.5, 0.6) is 0 Å². The van der Waals surface area contributed by atoms with Crippen molar-refractivity contribution in [1.29, 1.82) is 0 Å². The minimum absolute atomic E-state index is 0.417. The molecule has 136 valence electrons. The van der Waals surface area contributed by atoms with Crippen molar-refractivity contribution in [2.45, 2.75) is 18.8 Å². The van der Waals surface area contributed by atoms with Crippen LogP contribution >= 0.6 is 0 Å². The minimum Gasteiger partial charge on any atom is -0.411 e. The molecule has 4 aromatic rings. The van der Waals surface area contributed by atoms with Crippen LogP contribution in [0.3, 0.4) is 0 Å². The Hall–Kier alpha value is -3.12. The van der Waals surface area contributed by atoms with Crippen molar-refractivity contribution in [3.05, 3.63) is 66.6 Å². The number of rotatable bonds is 3. The van der Waals surface area contributed by atoms with E-state index in [1.165, 1.54) is 0 Å². The first-order valence-electron chi connectivity index (χ1n) is 9.32. The number of para-hydroxylation sites is 2. The van der Waals surface area contributed by atoms with Crippen LogP contribution in [0.4, 0.5) is 0 Å². The highest BCUT2D eigenvalue weighted by molar-refractivity contribution is 5.78. The van der Waals surface area contributed by atoms with Gasteiger partial charge in [-0.15, -0.1) is 9.94 Å². The van der Waals surface area contributed by atoms with Crippen molar-refractivity contribution in [2.24, 2.45) is 0 Å². The number of imidazole rings is 1. The summed E-state index contributed by atoms with van der Waals surface area (Å²) in [7, 11) is 0. The zero-order valence-corrected chi connectivity index (χ0v) is 14.9. The maximum absolute atomic E-state index is 10.4. The van der Waals surface area contributed by atoms with Gasteiger partial charge in [0.15, 0.2) is 0 Å². The van der Waals surface area contributed by atoms with Crippen LogP contribution in [0.25, 0.3) is 28.0 Å². The number of hydrogen-bond donors (Lipinski definition) is 2. The van der Waals surface area contributed by atoms with Gasteiger partial charge in [0.1, 0.15) is 12.0 Å². The van der Waals surface area contributed by atoms with Crippen molar-refractivity contribution in [2.75, 3.05) is 13.1 Å². The van der Waals surface area contributed by atoms with Crippen LogP contribution < -0.4 is 5.32 Å². The first-order chi connectivity index (χ1) is 13.3. The number of nitrogens with one attached hydrogen (secondary N) is 1. The molecular formula is C21H21N5O. The molecule has 2 N–H and O–H groups in total. The minimum atomic E-state index is 0.417. The van der Waals surface area contributed by atoms with E-state index in [-0.39, 0.29) is 0 Å². The lowest BCUT2D eigenvalue weighted by atomic mass is 9.89. The van der Waals surface area contributed by atoms with E-state index < -0.39 is 0 Å². The third-order valence-corrected chi connectivity index (χ3v) is 5.41. The first-order valence-corrected chi connectivity index (χ1v) is 9.32. The molecular weight excluding hydrogens is 338 g/mol. The van der Waals surface area contributed by atoms with E-state index in [1.807, 2.05) is 42.9 Å². The highest BCUT2D eigenvalue weighted by Gasteiger charge is 2.23. The van der Waals surface area contributed by atoms with Crippen LogP contribution in [-0.4, -0.2) is 37.8 Å². The molecule has 0 spiro atoms. The summed E-state index contributed by atoms with van der Waals surface area (Å²) in [5, 5.41) is 17.9. The fourth-order valence-corrected chi connectivity index (χ4v) is 4.03. The Morgan fingerprint density at radius 3 is 2.78 bits per heavy atom. The fourth-order valence-electron chi connectivity index (χ4n) is 4.03. The number of hydrogen-bond acceptors (Lipinski definition) is 4. The van der Waals surface area contributed by atoms with Gasteiger partial charge in [-0.2, -0.15) is 0 Å². The summed E-state index contributed by atoms with van der Waals surface area (Å²) in [4.78, 5) is 5.50. The summed E-state index contributed by atoms with van der Waals surface area (Å²) in [5.74, 6) is 0.417. The Kier molecular flexibility index (Phi) is 3.90. The molecule has 0 amide bonds. The van der Waals surface area contributed by atoms with Gasteiger partial charge in [0.05, 0.1) is 17.2 Å². The molecule has 27 heavy (non-hydrogen) atoms. The summed E-state index contributed by atoms with van der Waals surface area (Å²) >= 11 is 0. The van der Waals surface area contributed by atoms with Gasteiger partial charge in [-0.05, 0) is 56.1 Å². The standard InChI is InChI=1S/C21H21N5O/c27-26-21(18(13-24-26)15-8-10-22-11-9-15)16-4-3-5-17(12-16)25-14-23-19-6-1-2-7-20(19)25/h1-7,12-15,22,27H,8-11H2. The number of piperidine rings is 1. The second-order valence-corrected chi connectivity index (χ2v) is 7.02. The monoisotopic (exact) mass is 359 g/mol. The molecule has 1 aliphatic heterocycles. The quantitative estimate of drug-likeness (QED) is 0.549. The second-order valence-electron chi connectivity index (χ2n) is 7.02. The lowest BCUT2D eigenvalue weighted by molar-refractivity contribution is 0.153. The van der Waals surface area contributed by atoms with E-state index in [2.05, 4.69) is 38.2 Å². The number of aromatic nitrogens is 4. The molecule has 1 saturated heterocycles. The zero-order chi connectivity index (χ0) is 18.2. The van der Waals surface area contributed by atoms with Gasteiger partial charge in [0.25, 0.3) is 0 Å². The molecule has 5 rings (SSSR count). The van der Waals surface area contributed by atoms with Gasteiger partial charge in [0.2, 0.25) is 0 Å². The fraction of sp³-hybridized carbons (Fsp3) is 0.238.